The molecule has 0 saturated heterocycles. The van der Waals surface area contributed by atoms with Crippen LogP contribution in [0.3, 0.4) is 0 Å². The summed E-state index contributed by atoms with van der Waals surface area (Å²) in [5, 5.41) is 10.5. The van der Waals surface area contributed by atoms with Crippen molar-refractivity contribution in [2.75, 3.05) is 0 Å². The number of aromatic nitrogens is 2. The minimum Gasteiger partial charge on any atom is -0.494 e. The third kappa shape index (κ3) is 4.26. The minimum atomic E-state index is -0.601. The van der Waals surface area contributed by atoms with Gasteiger partial charge in [-0.2, -0.15) is 0 Å². The molecule has 2 aromatic rings. The van der Waals surface area contributed by atoms with E-state index in [9.17, 15) is 14.7 Å². The van der Waals surface area contributed by atoms with Crippen LogP contribution in [-0.4, -0.2) is 20.4 Å². The van der Waals surface area contributed by atoms with Crippen molar-refractivity contribution in [1.82, 2.24) is 9.55 Å². The van der Waals surface area contributed by atoms with Crippen LogP contribution in [-0.2, 0) is 6.54 Å². The van der Waals surface area contributed by atoms with E-state index in [0.29, 0.717) is 18.7 Å². The molecule has 25 heavy (non-hydrogen) atoms. The summed E-state index contributed by atoms with van der Waals surface area (Å²) < 4.78 is 1.21. The topological polar surface area (TPSA) is 87.4 Å². The molecule has 1 aromatic heterocycles. The molecule has 134 valence electrons. The summed E-state index contributed by atoms with van der Waals surface area (Å²) in [5.74, 6) is -0.303. The Morgan fingerprint density at radius 2 is 1.92 bits per heavy atom. The first-order valence-electron chi connectivity index (χ1n) is 8.67. The van der Waals surface area contributed by atoms with Gasteiger partial charge in [0.15, 0.2) is 0 Å². The van der Waals surface area contributed by atoms with Crippen molar-refractivity contribution in [3.05, 3.63) is 62.3 Å². The molecule has 0 aliphatic rings. The van der Waals surface area contributed by atoms with Crippen LogP contribution in [0.4, 0.5) is 0 Å². The van der Waals surface area contributed by atoms with E-state index >= 15 is 0 Å². The number of aromatic amines is 1. The fraction of sp³-hybridized carbons (Fsp3) is 0.421. The van der Waals surface area contributed by atoms with Crippen molar-refractivity contribution in [3.63, 3.8) is 0 Å². The highest BCUT2D eigenvalue weighted by atomic mass is 16.3. The minimum absolute atomic E-state index is 0.0842. The molecule has 1 atom stereocenters. The Bertz CT molecular complexity index is 850. The van der Waals surface area contributed by atoms with E-state index in [2.05, 4.69) is 9.98 Å². The molecule has 0 unspecified atom stereocenters. The number of rotatable bonds is 7. The van der Waals surface area contributed by atoms with E-state index in [0.717, 1.165) is 18.4 Å². The van der Waals surface area contributed by atoms with Gasteiger partial charge in [0.25, 0.3) is 5.56 Å². The second-order valence-corrected chi connectivity index (χ2v) is 5.98. The van der Waals surface area contributed by atoms with Crippen molar-refractivity contribution in [2.45, 2.75) is 52.6 Å². The Labute approximate surface area is 146 Å². The second-order valence-electron chi connectivity index (χ2n) is 5.98. The van der Waals surface area contributed by atoms with Crippen molar-refractivity contribution < 1.29 is 5.11 Å². The SMILES string of the molecule is CCCCn1c(O)c(C(CC)=N[C@@H](C)c2ccccc2)c(=O)[nH]c1=O. The van der Waals surface area contributed by atoms with Crippen molar-refractivity contribution >= 4 is 5.71 Å². The third-order valence-corrected chi connectivity index (χ3v) is 4.16. The van der Waals surface area contributed by atoms with E-state index < -0.39 is 11.2 Å². The molecular formula is C19H25N3O3. The van der Waals surface area contributed by atoms with Crippen LogP contribution in [0.1, 0.15) is 57.2 Å². The lowest BCUT2D eigenvalue weighted by Crippen LogP contribution is -2.34. The lowest BCUT2D eigenvalue weighted by atomic mass is 10.1. The Hall–Kier alpha value is -2.63. The number of nitrogens with one attached hydrogen (secondary N) is 1. The normalized spacial score (nSPS) is 13.0. The van der Waals surface area contributed by atoms with Crippen molar-refractivity contribution in [1.29, 1.82) is 0 Å². The van der Waals surface area contributed by atoms with Crippen LogP contribution in [0.2, 0.25) is 0 Å². The van der Waals surface area contributed by atoms with Gasteiger partial charge in [-0.1, -0.05) is 50.6 Å². The first-order chi connectivity index (χ1) is 12.0. The maximum atomic E-state index is 12.3. The monoisotopic (exact) mass is 343 g/mol. The first kappa shape index (κ1) is 18.7. The molecule has 0 amide bonds. The fourth-order valence-corrected chi connectivity index (χ4v) is 2.72. The van der Waals surface area contributed by atoms with E-state index in [-0.39, 0.29) is 17.5 Å². The molecule has 1 heterocycles. The number of H-pyrrole nitrogens is 1. The molecular weight excluding hydrogens is 318 g/mol. The summed E-state index contributed by atoms with van der Waals surface area (Å²) in [6, 6.07) is 9.57. The number of aliphatic imine (C=N–C) groups is 1. The van der Waals surface area contributed by atoms with E-state index in [4.69, 9.17) is 0 Å². The molecule has 0 aliphatic carbocycles. The quantitative estimate of drug-likeness (QED) is 0.758. The Morgan fingerprint density at radius 1 is 1.24 bits per heavy atom. The highest BCUT2D eigenvalue weighted by molar-refractivity contribution is 6.02. The average molecular weight is 343 g/mol. The van der Waals surface area contributed by atoms with Gasteiger partial charge in [0, 0.05) is 6.54 Å². The number of hydrogen-bond acceptors (Lipinski definition) is 4. The van der Waals surface area contributed by atoms with Gasteiger partial charge in [-0.15, -0.1) is 0 Å². The zero-order valence-corrected chi connectivity index (χ0v) is 15.0. The van der Waals surface area contributed by atoms with Gasteiger partial charge in [0.2, 0.25) is 5.88 Å². The zero-order chi connectivity index (χ0) is 18.4. The summed E-state index contributed by atoms with van der Waals surface area (Å²) in [6.45, 7) is 6.16. The van der Waals surface area contributed by atoms with Gasteiger partial charge in [0.1, 0.15) is 5.56 Å². The molecule has 0 saturated carbocycles. The average Bonchev–Trinajstić information content (AvgIpc) is 2.61. The van der Waals surface area contributed by atoms with E-state index in [1.165, 1.54) is 4.57 Å². The van der Waals surface area contributed by atoms with Crippen molar-refractivity contribution in [3.8, 4) is 5.88 Å². The number of aromatic hydroxyl groups is 1. The van der Waals surface area contributed by atoms with Crippen LogP contribution in [0.25, 0.3) is 0 Å². The van der Waals surface area contributed by atoms with Gasteiger partial charge in [-0.3, -0.25) is 19.3 Å². The molecule has 0 spiro atoms. The van der Waals surface area contributed by atoms with Gasteiger partial charge < -0.3 is 5.11 Å². The summed E-state index contributed by atoms with van der Waals surface area (Å²) in [5.41, 5.74) is 0.396. The Balaban J connectivity index is 2.52. The number of benzene rings is 1. The highest BCUT2D eigenvalue weighted by Crippen LogP contribution is 2.20. The molecule has 0 bridgehead atoms. The van der Waals surface area contributed by atoms with Crippen LogP contribution < -0.4 is 11.2 Å². The van der Waals surface area contributed by atoms with Crippen LogP contribution in [0.15, 0.2) is 44.9 Å². The molecule has 1 aromatic carbocycles. The molecule has 2 rings (SSSR count). The standard InChI is InChI=1S/C19H25N3O3/c1-4-6-12-22-18(24)16(17(23)21-19(22)25)15(5-2)20-13(3)14-10-8-7-9-11-14/h7-11,13,24H,4-6,12H2,1-3H3,(H,21,23,25)/t13-/m0/s1. The predicted octanol–water partition coefficient (Wildman–Crippen LogP) is 3.00. The van der Waals surface area contributed by atoms with Gasteiger partial charge in [0.05, 0.1) is 11.8 Å². The summed E-state index contributed by atoms with van der Waals surface area (Å²) in [4.78, 5) is 31.2. The predicted molar refractivity (Wildman–Crippen MR) is 99.6 cm³/mol. The number of hydrogen-bond donors (Lipinski definition) is 2. The van der Waals surface area contributed by atoms with Crippen molar-refractivity contribution in [2.24, 2.45) is 4.99 Å². The molecule has 2 N–H and O–H groups in total. The molecule has 0 fully saturated rings. The maximum Gasteiger partial charge on any atom is 0.331 e. The summed E-state index contributed by atoms with van der Waals surface area (Å²) in [6.07, 6.45) is 2.08. The third-order valence-electron chi connectivity index (χ3n) is 4.16. The largest absolute Gasteiger partial charge is 0.494 e. The summed E-state index contributed by atoms with van der Waals surface area (Å²) >= 11 is 0. The zero-order valence-electron chi connectivity index (χ0n) is 15.0. The van der Waals surface area contributed by atoms with Gasteiger partial charge >= 0.3 is 5.69 Å². The summed E-state index contributed by atoms with van der Waals surface area (Å²) in [7, 11) is 0. The smallest absolute Gasteiger partial charge is 0.331 e. The second kappa shape index (κ2) is 8.46. The Kier molecular flexibility index (Phi) is 6.33. The highest BCUT2D eigenvalue weighted by Gasteiger charge is 2.19. The Morgan fingerprint density at radius 3 is 2.52 bits per heavy atom. The van der Waals surface area contributed by atoms with E-state index in [1.54, 1.807) is 0 Å². The molecule has 6 heteroatoms. The molecule has 6 nitrogen and oxygen atoms in total. The molecule has 0 aliphatic heterocycles. The number of nitrogens with zero attached hydrogens (tertiary/aromatic N) is 2. The van der Waals surface area contributed by atoms with Gasteiger partial charge in [-0.25, -0.2) is 4.79 Å². The lowest BCUT2D eigenvalue weighted by Gasteiger charge is -2.14. The lowest BCUT2D eigenvalue weighted by molar-refractivity contribution is 0.394. The van der Waals surface area contributed by atoms with Gasteiger partial charge in [-0.05, 0) is 25.3 Å². The van der Waals surface area contributed by atoms with Crippen LogP contribution in [0.5, 0.6) is 5.88 Å². The maximum absolute atomic E-state index is 12.3. The molecule has 0 radical (unpaired) electrons. The van der Waals surface area contributed by atoms with Crippen LogP contribution in [0, 0.1) is 0 Å². The first-order valence-corrected chi connectivity index (χ1v) is 8.67. The van der Waals surface area contributed by atoms with E-state index in [1.807, 2.05) is 51.1 Å². The number of unbranched alkanes of at least 4 members (excludes halogenated alkanes) is 1. The van der Waals surface area contributed by atoms with Crippen LogP contribution >= 0.6 is 0 Å². The fourth-order valence-electron chi connectivity index (χ4n) is 2.72.